The molecule has 0 bridgehead atoms. The molecule has 1 aliphatic carbocycles. The van der Waals surface area contributed by atoms with E-state index in [1.54, 1.807) is 19.1 Å². The Bertz CT molecular complexity index is 555. The van der Waals surface area contributed by atoms with Gasteiger partial charge >= 0.3 is 6.03 Å². The predicted molar refractivity (Wildman–Crippen MR) is 78.1 cm³/mol. The standard InChI is InChI=1S/C16H20N2O3/c1-17-15-9-12(19)5-8-14(15)18(16(17)20)10-11-3-6-13(21-2)7-4-11/h3-4,6-7,14-15H,5,8-10H2,1-2H3. The van der Waals surface area contributed by atoms with Crippen LogP contribution in [0.2, 0.25) is 0 Å². The SMILES string of the molecule is COc1ccc(CN2C(=O)N(C)C3CC(=O)CCC32)cc1. The fourth-order valence-corrected chi connectivity index (χ4v) is 3.33. The van der Waals surface area contributed by atoms with Gasteiger partial charge in [-0.1, -0.05) is 12.1 Å². The van der Waals surface area contributed by atoms with E-state index in [1.807, 2.05) is 29.2 Å². The zero-order valence-corrected chi connectivity index (χ0v) is 12.4. The number of carbonyl (C=O) groups excluding carboxylic acids is 2. The number of nitrogens with zero attached hydrogens (tertiary/aromatic N) is 2. The number of benzene rings is 1. The molecule has 2 atom stereocenters. The summed E-state index contributed by atoms with van der Waals surface area (Å²) in [5, 5.41) is 0. The average Bonchev–Trinajstić information content (AvgIpc) is 2.73. The lowest BCUT2D eigenvalue weighted by Crippen LogP contribution is -2.41. The number of carbonyl (C=O) groups is 2. The van der Waals surface area contributed by atoms with Crippen LogP contribution >= 0.6 is 0 Å². The van der Waals surface area contributed by atoms with E-state index in [4.69, 9.17) is 4.74 Å². The van der Waals surface area contributed by atoms with Crippen LogP contribution in [0.25, 0.3) is 0 Å². The molecule has 0 N–H and O–H groups in total. The number of amides is 2. The maximum Gasteiger partial charge on any atom is 0.320 e. The van der Waals surface area contributed by atoms with Crippen LogP contribution in [-0.4, -0.2) is 47.9 Å². The first-order valence-electron chi connectivity index (χ1n) is 7.28. The molecule has 1 aliphatic heterocycles. The number of ether oxygens (including phenoxy) is 1. The molecule has 0 spiro atoms. The van der Waals surface area contributed by atoms with E-state index in [0.29, 0.717) is 19.4 Å². The number of rotatable bonds is 3. The third-order valence-corrected chi connectivity index (χ3v) is 4.56. The van der Waals surface area contributed by atoms with Crippen LogP contribution in [-0.2, 0) is 11.3 Å². The zero-order valence-electron chi connectivity index (χ0n) is 12.4. The third kappa shape index (κ3) is 2.48. The van der Waals surface area contributed by atoms with Crippen LogP contribution < -0.4 is 4.74 Å². The van der Waals surface area contributed by atoms with Gasteiger partial charge in [0.25, 0.3) is 0 Å². The topological polar surface area (TPSA) is 49.9 Å². The van der Waals surface area contributed by atoms with Crippen LogP contribution in [0.4, 0.5) is 4.79 Å². The molecule has 0 aromatic heterocycles. The summed E-state index contributed by atoms with van der Waals surface area (Å²) in [6.07, 6.45) is 1.85. The van der Waals surface area contributed by atoms with E-state index >= 15 is 0 Å². The first kappa shape index (κ1) is 13.9. The number of hydrogen-bond acceptors (Lipinski definition) is 3. The van der Waals surface area contributed by atoms with Crippen molar-refractivity contribution >= 4 is 11.8 Å². The Labute approximate surface area is 124 Å². The molecule has 2 fully saturated rings. The van der Waals surface area contributed by atoms with Gasteiger partial charge in [-0.25, -0.2) is 4.79 Å². The Hall–Kier alpha value is -2.04. The van der Waals surface area contributed by atoms with Gasteiger partial charge in [0.15, 0.2) is 0 Å². The fourth-order valence-electron chi connectivity index (χ4n) is 3.33. The molecule has 1 saturated carbocycles. The van der Waals surface area contributed by atoms with Crippen LogP contribution in [0.5, 0.6) is 5.75 Å². The summed E-state index contributed by atoms with van der Waals surface area (Å²) in [6.45, 7) is 0.586. The number of urea groups is 1. The number of likely N-dealkylation sites (N-methyl/N-ethyl adjacent to an activating group) is 1. The van der Waals surface area contributed by atoms with Crippen molar-refractivity contribution in [1.82, 2.24) is 9.80 Å². The van der Waals surface area contributed by atoms with E-state index in [1.165, 1.54) is 0 Å². The minimum Gasteiger partial charge on any atom is -0.497 e. The molecule has 0 radical (unpaired) electrons. The van der Waals surface area contributed by atoms with E-state index in [0.717, 1.165) is 17.7 Å². The second-order valence-corrected chi connectivity index (χ2v) is 5.79. The third-order valence-electron chi connectivity index (χ3n) is 4.56. The highest BCUT2D eigenvalue weighted by molar-refractivity contribution is 5.84. The van der Waals surface area contributed by atoms with Crippen molar-refractivity contribution in [2.45, 2.75) is 37.9 Å². The highest BCUT2D eigenvalue weighted by atomic mass is 16.5. The normalized spacial score (nSPS) is 25.2. The van der Waals surface area contributed by atoms with Crippen molar-refractivity contribution < 1.29 is 14.3 Å². The highest BCUT2D eigenvalue weighted by Gasteiger charge is 2.46. The molecular weight excluding hydrogens is 268 g/mol. The summed E-state index contributed by atoms with van der Waals surface area (Å²) in [5.74, 6) is 1.08. The highest BCUT2D eigenvalue weighted by Crippen LogP contribution is 2.32. The van der Waals surface area contributed by atoms with Crippen molar-refractivity contribution in [3.63, 3.8) is 0 Å². The van der Waals surface area contributed by atoms with Crippen molar-refractivity contribution in [3.8, 4) is 5.75 Å². The monoisotopic (exact) mass is 288 g/mol. The lowest BCUT2D eigenvalue weighted by atomic mass is 9.89. The van der Waals surface area contributed by atoms with E-state index < -0.39 is 0 Å². The lowest BCUT2D eigenvalue weighted by molar-refractivity contribution is -0.121. The molecule has 5 nitrogen and oxygen atoms in total. The molecule has 1 heterocycles. The molecule has 5 heteroatoms. The molecule has 112 valence electrons. The first-order valence-corrected chi connectivity index (χ1v) is 7.28. The molecule has 2 unspecified atom stereocenters. The van der Waals surface area contributed by atoms with Gasteiger partial charge in [-0.05, 0) is 24.1 Å². The minimum absolute atomic E-state index is 0.0236. The quantitative estimate of drug-likeness (QED) is 0.855. The van der Waals surface area contributed by atoms with Crippen molar-refractivity contribution in [2.24, 2.45) is 0 Å². The van der Waals surface area contributed by atoms with Crippen molar-refractivity contribution in [1.29, 1.82) is 0 Å². The molecular formula is C16H20N2O3. The fraction of sp³-hybridized carbons (Fsp3) is 0.500. The second kappa shape index (κ2) is 5.39. The molecule has 1 aromatic rings. The number of fused-ring (bicyclic) bond motifs is 1. The molecule has 21 heavy (non-hydrogen) atoms. The summed E-state index contributed by atoms with van der Waals surface area (Å²) in [5.41, 5.74) is 1.08. The van der Waals surface area contributed by atoms with E-state index in [-0.39, 0.29) is 23.9 Å². The van der Waals surface area contributed by atoms with E-state index in [9.17, 15) is 9.59 Å². The summed E-state index contributed by atoms with van der Waals surface area (Å²) in [4.78, 5) is 27.7. The van der Waals surface area contributed by atoms with Crippen molar-refractivity contribution in [3.05, 3.63) is 29.8 Å². The molecule has 1 saturated heterocycles. The molecule has 3 rings (SSSR count). The van der Waals surface area contributed by atoms with Gasteiger partial charge in [0.05, 0.1) is 19.2 Å². The smallest absolute Gasteiger partial charge is 0.320 e. The Morgan fingerprint density at radius 1 is 1.19 bits per heavy atom. The van der Waals surface area contributed by atoms with Gasteiger partial charge in [-0.2, -0.15) is 0 Å². The number of ketones is 1. The number of methoxy groups -OCH3 is 1. The van der Waals surface area contributed by atoms with Gasteiger partial charge in [0.1, 0.15) is 11.5 Å². The minimum atomic E-state index is 0.0236. The van der Waals surface area contributed by atoms with Gasteiger partial charge in [-0.15, -0.1) is 0 Å². The van der Waals surface area contributed by atoms with Gasteiger partial charge in [0.2, 0.25) is 0 Å². The predicted octanol–water partition coefficient (Wildman–Crippen LogP) is 2.05. The van der Waals surface area contributed by atoms with Crippen LogP contribution in [0.3, 0.4) is 0 Å². The molecule has 2 aliphatic rings. The van der Waals surface area contributed by atoms with Gasteiger partial charge in [-0.3, -0.25) is 4.79 Å². The number of hydrogen-bond donors (Lipinski definition) is 0. The Balaban J connectivity index is 1.77. The Kier molecular flexibility index (Phi) is 3.57. The maximum atomic E-state index is 12.4. The zero-order chi connectivity index (χ0) is 15.0. The van der Waals surface area contributed by atoms with Gasteiger partial charge < -0.3 is 14.5 Å². The molecule has 2 amide bonds. The van der Waals surface area contributed by atoms with Crippen LogP contribution in [0.15, 0.2) is 24.3 Å². The summed E-state index contributed by atoms with van der Waals surface area (Å²) >= 11 is 0. The summed E-state index contributed by atoms with van der Waals surface area (Å²) in [7, 11) is 3.43. The number of Topliss-reactive ketones (excluding diaryl/α,β-unsaturated/α-hetero) is 1. The average molecular weight is 288 g/mol. The summed E-state index contributed by atoms with van der Waals surface area (Å²) < 4.78 is 5.15. The lowest BCUT2D eigenvalue weighted by Gasteiger charge is -2.30. The summed E-state index contributed by atoms with van der Waals surface area (Å²) in [6, 6.07) is 7.99. The Morgan fingerprint density at radius 3 is 2.57 bits per heavy atom. The van der Waals surface area contributed by atoms with Crippen molar-refractivity contribution in [2.75, 3.05) is 14.2 Å². The maximum absolute atomic E-state index is 12.4. The van der Waals surface area contributed by atoms with Crippen LogP contribution in [0, 0.1) is 0 Å². The van der Waals surface area contributed by atoms with Gasteiger partial charge in [0, 0.05) is 26.4 Å². The Morgan fingerprint density at radius 2 is 1.90 bits per heavy atom. The van der Waals surface area contributed by atoms with Crippen LogP contribution in [0.1, 0.15) is 24.8 Å². The van der Waals surface area contributed by atoms with E-state index in [2.05, 4.69) is 0 Å². The largest absolute Gasteiger partial charge is 0.497 e. The molecule has 1 aromatic carbocycles. The second-order valence-electron chi connectivity index (χ2n) is 5.79. The first-order chi connectivity index (χ1) is 10.1.